The number of hydrogen-bond donors (Lipinski definition) is 0. The van der Waals surface area contributed by atoms with Crippen molar-refractivity contribution in [3.05, 3.63) is 0 Å². The van der Waals surface area contributed by atoms with Gasteiger partial charge in [-0.25, -0.2) is 0 Å². The number of carbonyl (C=O) groups excluding carboxylic acids is 1. The minimum atomic E-state index is 0.332. The molecule has 0 aromatic heterocycles. The number of ketones is 1. The van der Waals surface area contributed by atoms with Crippen LogP contribution >= 0.6 is 11.8 Å². The zero-order valence-electron chi connectivity index (χ0n) is 10.3. The molecule has 0 spiro atoms. The molecule has 2 nitrogen and oxygen atoms in total. The molecule has 2 aliphatic rings. The molecule has 0 radical (unpaired) electrons. The standard InChI is InChI=1S/C13H23NOS/c1-14(12-7-8-16-10-12)9-11-5-3-2-4-6-13(11)15/h11-12H,2-10H2,1H3. The van der Waals surface area contributed by atoms with Crippen molar-refractivity contribution >= 4 is 17.5 Å². The summed E-state index contributed by atoms with van der Waals surface area (Å²) in [5, 5.41) is 0. The summed E-state index contributed by atoms with van der Waals surface area (Å²) in [5.41, 5.74) is 0. The summed E-state index contributed by atoms with van der Waals surface area (Å²) in [6.07, 6.45) is 6.90. The van der Waals surface area contributed by atoms with E-state index >= 15 is 0 Å². The van der Waals surface area contributed by atoms with Gasteiger partial charge in [0.15, 0.2) is 0 Å². The van der Waals surface area contributed by atoms with Crippen molar-refractivity contribution in [3.8, 4) is 0 Å². The molecule has 16 heavy (non-hydrogen) atoms. The normalized spacial score (nSPS) is 32.0. The van der Waals surface area contributed by atoms with Gasteiger partial charge in [0.05, 0.1) is 0 Å². The Morgan fingerprint density at radius 1 is 1.31 bits per heavy atom. The van der Waals surface area contributed by atoms with Gasteiger partial charge in [-0.1, -0.05) is 12.8 Å². The Morgan fingerprint density at radius 2 is 2.19 bits per heavy atom. The van der Waals surface area contributed by atoms with Gasteiger partial charge >= 0.3 is 0 Å². The van der Waals surface area contributed by atoms with Crippen molar-refractivity contribution in [2.24, 2.45) is 5.92 Å². The van der Waals surface area contributed by atoms with Crippen molar-refractivity contribution in [1.29, 1.82) is 0 Å². The summed E-state index contributed by atoms with van der Waals surface area (Å²) in [5.74, 6) is 3.42. The molecule has 1 heterocycles. The van der Waals surface area contributed by atoms with E-state index in [1.165, 1.54) is 30.8 Å². The molecule has 1 aliphatic heterocycles. The van der Waals surface area contributed by atoms with Gasteiger partial charge in [-0.3, -0.25) is 4.79 Å². The summed E-state index contributed by atoms with van der Waals surface area (Å²) in [4.78, 5) is 14.4. The second-order valence-electron chi connectivity index (χ2n) is 5.22. The van der Waals surface area contributed by atoms with Crippen LogP contribution in [0.15, 0.2) is 0 Å². The van der Waals surface area contributed by atoms with Crippen LogP contribution in [0, 0.1) is 5.92 Å². The van der Waals surface area contributed by atoms with E-state index in [2.05, 4.69) is 23.7 Å². The topological polar surface area (TPSA) is 20.3 Å². The lowest BCUT2D eigenvalue weighted by Crippen LogP contribution is -2.37. The van der Waals surface area contributed by atoms with E-state index in [0.29, 0.717) is 11.7 Å². The fourth-order valence-electron chi connectivity index (χ4n) is 2.79. The molecular formula is C13H23NOS. The van der Waals surface area contributed by atoms with Gasteiger partial charge in [0.25, 0.3) is 0 Å². The third-order valence-electron chi connectivity index (χ3n) is 3.97. The zero-order valence-corrected chi connectivity index (χ0v) is 11.1. The summed E-state index contributed by atoms with van der Waals surface area (Å²) in [7, 11) is 2.20. The molecule has 2 fully saturated rings. The zero-order chi connectivity index (χ0) is 11.4. The van der Waals surface area contributed by atoms with E-state index in [1.807, 2.05) is 0 Å². The maximum atomic E-state index is 11.9. The van der Waals surface area contributed by atoms with Gasteiger partial charge in [-0.2, -0.15) is 11.8 Å². The molecule has 1 saturated carbocycles. The lowest BCUT2D eigenvalue weighted by atomic mass is 9.98. The van der Waals surface area contributed by atoms with E-state index in [1.54, 1.807) is 0 Å². The first-order valence-electron chi connectivity index (χ1n) is 6.58. The first kappa shape index (κ1) is 12.4. The monoisotopic (exact) mass is 241 g/mol. The summed E-state index contributed by atoms with van der Waals surface area (Å²) < 4.78 is 0. The summed E-state index contributed by atoms with van der Waals surface area (Å²) in [6, 6.07) is 0.723. The quantitative estimate of drug-likeness (QED) is 0.708. The van der Waals surface area contributed by atoms with E-state index in [0.717, 1.165) is 31.8 Å². The highest BCUT2D eigenvalue weighted by molar-refractivity contribution is 7.99. The average Bonchev–Trinajstić information content (AvgIpc) is 2.73. The number of hydrogen-bond acceptors (Lipinski definition) is 3. The molecule has 0 amide bonds. The van der Waals surface area contributed by atoms with Crippen LogP contribution in [-0.4, -0.2) is 41.8 Å². The SMILES string of the molecule is CN(CC1CCCCCC1=O)C1CCSC1. The van der Waals surface area contributed by atoms with Gasteiger partial charge in [0.2, 0.25) is 0 Å². The number of rotatable bonds is 3. The van der Waals surface area contributed by atoms with Crippen LogP contribution in [0.2, 0.25) is 0 Å². The maximum Gasteiger partial charge on any atom is 0.137 e. The number of thioether (sulfide) groups is 1. The molecule has 1 aliphatic carbocycles. The number of Topliss-reactive ketones (excluding diaryl/α,β-unsaturated/α-hetero) is 1. The molecule has 2 unspecified atom stereocenters. The van der Waals surface area contributed by atoms with E-state index in [4.69, 9.17) is 0 Å². The van der Waals surface area contributed by atoms with Crippen LogP contribution in [0.5, 0.6) is 0 Å². The van der Waals surface area contributed by atoms with Gasteiger partial charge in [0, 0.05) is 30.7 Å². The lowest BCUT2D eigenvalue weighted by Gasteiger charge is -2.27. The summed E-state index contributed by atoms with van der Waals surface area (Å²) in [6.45, 7) is 1.00. The predicted octanol–water partition coefficient (Wildman–Crippen LogP) is 2.57. The Morgan fingerprint density at radius 3 is 2.94 bits per heavy atom. The van der Waals surface area contributed by atoms with Gasteiger partial charge in [-0.15, -0.1) is 0 Å². The fraction of sp³-hybridized carbons (Fsp3) is 0.923. The van der Waals surface area contributed by atoms with Crippen molar-refractivity contribution in [1.82, 2.24) is 4.90 Å². The Balaban J connectivity index is 1.83. The van der Waals surface area contributed by atoms with Gasteiger partial charge in [0.1, 0.15) is 5.78 Å². The Labute approximate surface area is 103 Å². The molecule has 92 valence electrons. The third kappa shape index (κ3) is 3.24. The van der Waals surface area contributed by atoms with Gasteiger partial charge < -0.3 is 4.90 Å². The Kier molecular flexibility index (Phi) is 4.71. The van der Waals surface area contributed by atoms with Crippen LogP contribution in [0.25, 0.3) is 0 Å². The Bertz CT molecular complexity index is 238. The fourth-order valence-corrected chi connectivity index (χ4v) is 4.09. The molecule has 0 aromatic carbocycles. The highest BCUT2D eigenvalue weighted by Gasteiger charge is 2.26. The molecule has 0 N–H and O–H groups in total. The molecule has 0 aromatic rings. The number of nitrogens with zero attached hydrogens (tertiary/aromatic N) is 1. The highest BCUT2D eigenvalue weighted by atomic mass is 32.2. The molecule has 2 rings (SSSR count). The molecule has 1 saturated heterocycles. The smallest absolute Gasteiger partial charge is 0.137 e. The van der Waals surface area contributed by atoms with Gasteiger partial charge in [-0.05, 0) is 32.1 Å². The predicted molar refractivity (Wildman–Crippen MR) is 69.9 cm³/mol. The first-order chi connectivity index (χ1) is 7.77. The van der Waals surface area contributed by atoms with Crippen LogP contribution in [-0.2, 0) is 4.79 Å². The van der Waals surface area contributed by atoms with Crippen LogP contribution < -0.4 is 0 Å². The molecule has 2 atom stereocenters. The van der Waals surface area contributed by atoms with E-state index < -0.39 is 0 Å². The minimum Gasteiger partial charge on any atom is -0.302 e. The van der Waals surface area contributed by atoms with E-state index in [-0.39, 0.29) is 0 Å². The maximum absolute atomic E-state index is 11.9. The lowest BCUT2D eigenvalue weighted by molar-refractivity contribution is -0.123. The Hall–Kier alpha value is -0.0200. The minimum absolute atomic E-state index is 0.332. The number of carbonyl (C=O) groups is 1. The summed E-state index contributed by atoms with van der Waals surface area (Å²) >= 11 is 2.05. The van der Waals surface area contributed by atoms with Crippen LogP contribution in [0.3, 0.4) is 0 Å². The van der Waals surface area contributed by atoms with Crippen LogP contribution in [0.1, 0.15) is 38.5 Å². The molecule has 0 bridgehead atoms. The van der Waals surface area contributed by atoms with Crippen molar-refractivity contribution < 1.29 is 4.79 Å². The molecule has 3 heteroatoms. The van der Waals surface area contributed by atoms with E-state index in [9.17, 15) is 4.79 Å². The second kappa shape index (κ2) is 6.06. The third-order valence-corrected chi connectivity index (χ3v) is 5.11. The van der Waals surface area contributed by atoms with Crippen molar-refractivity contribution in [2.45, 2.75) is 44.6 Å². The van der Waals surface area contributed by atoms with Crippen molar-refractivity contribution in [3.63, 3.8) is 0 Å². The van der Waals surface area contributed by atoms with Crippen molar-refractivity contribution in [2.75, 3.05) is 25.1 Å². The average molecular weight is 241 g/mol. The van der Waals surface area contributed by atoms with Crippen LogP contribution in [0.4, 0.5) is 0 Å². The second-order valence-corrected chi connectivity index (χ2v) is 6.37. The molecular weight excluding hydrogens is 218 g/mol. The largest absolute Gasteiger partial charge is 0.302 e. The highest BCUT2D eigenvalue weighted by Crippen LogP contribution is 2.25. The first-order valence-corrected chi connectivity index (χ1v) is 7.73.